The van der Waals surface area contributed by atoms with Gasteiger partial charge in [-0.15, -0.1) is 0 Å². The number of likely N-dealkylation sites (tertiary alicyclic amines) is 1. The van der Waals surface area contributed by atoms with E-state index in [4.69, 9.17) is 4.74 Å². The van der Waals surface area contributed by atoms with Crippen molar-refractivity contribution in [3.63, 3.8) is 0 Å². The SMILES string of the molecule is CCN(CCc1nc2ccc(OC)cc2[nH]1)C(=O)[C@@H]1CCC(=O)N(C2CC2)C1. The molecule has 2 heterocycles. The van der Waals surface area contributed by atoms with Gasteiger partial charge in [0.1, 0.15) is 11.6 Å². The summed E-state index contributed by atoms with van der Waals surface area (Å²) >= 11 is 0. The Kier molecular flexibility index (Phi) is 5.24. The third-order valence-corrected chi connectivity index (χ3v) is 5.83. The molecule has 7 heteroatoms. The van der Waals surface area contributed by atoms with Crippen molar-refractivity contribution < 1.29 is 14.3 Å². The smallest absolute Gasteiger partial charge is 0.227 e. The number of hydrogen-bond donors (Lipinski definition) is 1. The second kappa shape index (κ2) is 7.81. The second-order valence-electron chi connectivity index (χ2n) is 7.75. The number of ether oxygens (including phenoxy) is 1. The van der Waals surface area contributed by atoms with E-state index in [0.29, 0.717) is 44.9 Å². The molecule has 0 unspecified atom stereocenters. The van der Waals surface area contributed by atoms with E-state index >= 15 is 0 Å². The topological polar surface area (TPSA) is 78.5 Å². The van der Waals surface area contributed by atoms with Crippen molar-refractivity contribution in [2.45, 2.75) is 45.1 Å². The molecule has 1 aromatic heterocycles. The standard InChI is InChI=1S/C21H28N4O3/c1-3-24(21(27)14-4-9-20(26)25(13-14)15-5-6-15)11-10-19-22-17-8-7-16(28-2)12-18(17)23-19/h7-8,12,14-15H,3-6,9-11,13H2,1-2H3,(H,22,23)/t14-/m1/s1. The van der Waals surface area contributed by atoms with Crippen molar-refractivity contribution in [3.8, 4) is 5.75 Å². The molecule has 1 aliphatic heterocycles. The number of fused-ring (bicyclic) bond motifs is 1. The maximum Gasteiger partial charge on any atom is 0.227 e. The second-order valence-corrected chi connectivity index (χ2v) is 7.75. The number of imidazole rings is 1. The molecule has 1 saturated carbocycles. The number of carbonyl (C=O) groups is 2. The number of H-pyrrole nitrogens is 1. The van der Waals surface area contributed by atoms with Gasteiger partial charge in [-0.3, -0.25) is 9.59 Å². The molecule has 1 aliphatic carbocycles. The van der Waals surface area contributed by atoms with Gasteiger partial charge >= 0.3 is 0 Å². The first-order valence-electron chi connectivity index (χ1n) is 10.2. The summed E-state index contributed by atoms with van der Waals surface area (Å²) in [5, 5.41) is 0. The maximum atomic E-state index is 13.0. The molecule has 1 N–H and O–H groups in total. The average Bonchev–Trinajstić information content (AvgIpc) is 3.47. The lowest BCUT2D eigenvalue weighted by Crippen LogP contribution is -2.48. The van der Waals surface area contributed by atoms with Gasteiger partial charge in [-0.25, -0.2) is 4.98 Å². The van der Waals surface area contributed by atoms with Crippen LogP contribution in [0, 0.1) is 5.92 Å². The molecular weight excluding hydrogens is 356 g/mol. The fourth-order valence-corrected chi connectivity index (χ4v) is 4.02. The Balaban J connectivity index is 1.38. The molecule has 2 aromatic rings. The predicted octanol–water partition coefficient (Wildman–Crippen LogP) is 2.36. The highest BCUT2D eigenvalue weighted by Crippen LogP contribution is 2.32. The van der Waals surface area contributed by atoms with Crippen molar-refractivity contribution in [2.24, 2.45) is 5.92 Å². The molecule has 1 aromatic carbocycles. The zero-order valence-electron chi connectivity index (χ0n) is 16.6. The zero-order valence-corrected chi connectivity index (χ0v) is 16.6. The van der Waals surface area contributed by atoms with E-state index < -0.39 is 0 Å². The average molecular weight is 384 g/mol. The highest BCUT2D eigenvalue weighted by Gasteiger charge is 2.39. The first kappa shape index (κ1) is 18.8. The van der Waals surface area contributed by atoms with Crippen LogP contribution in [0.5, 0.6) is 5.75 Å². The van der Waals surface area contributed by atoms with E-state index in [1.54, 1.807) is 7.11 Å². The van der Waals surface area contributed by atoms with E-state index in [1.165, 1.54) is 0 Å². The first-order valence-corrected chi connectivity index (χ1v) is 10.2. The lowest BCUT2D eigenvalue weighted by atomic mass is 9.95. The summed E-state index contributed by atoms with van der Waals surface area (Å²) in [5.74, 6) is 1.97. The van der Waals surface area contributed by atoms with Gasteiger partial charge in [0.25, 0.3) is 0 Å². The largest absolute Gasteiger partial charge is 0.497 e. The van der Waals surface area contributed by atoms with Gasteiger partial charge < -0.3 is 19.5 Å². The van der Waals surface area contributed by atoms with Crippen LogP contribution in [-0.4, -0.2) is 64.4 Å². The van der Waals surface area contributed by atoms with Crippen LogP contribution in [0.2, 0.25) is 0 Å². The van der Waals surface area contributed by atoms with E-state index in [-0.39, 0.29) is 17.7 Å². The monoisotopic (exact) mass is 384 g/mol. The number of carbonyl (C=O) groups excluding carboxylic acids is 2. The highest BCUT2D eigenvalue weighted by atomic mass is 16.5. The number of nitrogens with one attached hydrogen (secondary N) is 1. The molecule has 7 nitrogen and oxygen atoms in total. The minimum atomic E-state index is -0.0711. The van der Waals surface area contributed by atoms with Gasteiger partial charge in [0.2, 0.25) is 11.8 Å². The van der Waals surface area contributed by atoms with Gasteiger partial charge in [-0.2, -0.15) is 0 Å². The summed E-state index contributed by atoms with van der Waals surface area (Å²) < 4.78 is 5.25. The molecule has 2 amide bonds. The highest BCUT2D eigenvalue weighted by molar-refractivity contribution is 5.84. The lowest BCUT2D eigenvalue weighted by molar-refractivity contribution is -0.143. The molecule has 1 atom stereocenters. The van der Waals surface area contributed by atoms with E-state index in [2.05, 4.69) is 9.97 Å². The molecule has 2 aliphatic rings. The van der Waals surface area contributed by atoms with Gasteiger partial charge in [-0.1, -0.05) is 0 Å². The molecule has 1 saturated heterocycles. The normalized spacial score (nSPS) is 19.9. The number of likely N-dealkylation sites (N-methyl/N-ethyl adjacent to an activating group) is 1. The summed E-state index contributed by atoms with van der Waals surface area (Å²) in [5.41, 5.74) is 1.84. The van der Waals surface area contributed by atoms with Crippen LogP contribution in [-0.2, 0) is 16.0 Å². The molecule has 2 fully saturated rings. The van der Waals surface area contributed by atoms with Gasteiger partial charge in [-0.05, 0) is 38.3 Å². The number of methoxy groups -OCH3 is 1. The lowest BCUT2D eigenvalue weighted by Gasteiger charge is -2.34. The Morgan fingerprint density at radius 1 is 1.36 bits per heavy atom. The minimum Gasteiger partial charge on any atom is -0.497 e. The third-order valence-electron chi connectivity index (χ3n) is 5.83. The van der Waals surface area contributed by atoms with Crippen molar-refractivity contribution in [2.75, 3.05) is 26.7 Å². The molecular formula is C21H28N4O3. The summed E-state index contributed by atoms with van der Waals surface area (Å²) in [6.07, 6.45) is 4.01. The Hall–Kier alpha value is -2.57. The number of piperidine rings is 1. The van der Waals surface area contributed by atoms with Crippen molar-refractivity contribution in [1.29, 1.82) is 0 Å². The number of amides is 2. The van der Waals surface area contributed by atoms with Crippen LogP contribution < -0.4 is 4.74 Å². The molecule has 0 spiro atoms. The quantitative estimate of drug-likeness (QED) is 0.795. The molecule has 4 rings (SSSR count). The zero-order chi connectivity index (χ0) is 19.7. The summed E-state index contributed by atoms with van der Waals surface area (Å²) in [4.78, 5) is 36.9. The Morgan fingerprint density at radius 2 is 2.18 bits per heavy atom. The van der Waals surface area contributed by atoms with Crippen LogP contribution in [0.1, 0.15) is 38.4 Å². The summed E-state index contributed by atoms with van der Waals surface area (Å²) in [6, 6.07) is 6.14. The molecule has 0 bridgehead atoms. The number of aromatic amines is 1. The molecule has 150 valence electrons. The fourth-order valence-electron chi connectivity index (χ4n) is 4.02. The van der Waals surface area contributed by atoms with Crippen molar-refractivity contribution in [1.82, 2.24) is 19.8 Å². The Labute approximate surface area is 165 Å². The summed E-state index contributed by atoms with van der Waals surface area (Å²) in [6.45, 7) is 3.89. The van der Waals surface area contributed by atoms with Gasteiger partial charge in [0.05, 0.1) is 24.1 Å². The van der Waals surface area contributed by atoms with Gasteiger partial charge in [0.15, 0.2) is 0 Å². The third kappa shape index (κ3) is 3.84. The Morgan fingerprint density at radius 3 is 2.89 bits per heavy atom. The minimum absolute atomic E-state index is 0.0711. The van der Waals surface area contributed by atoms with E-state index in [9.17, 15) is 9.59 Å². The van der Waals surface area contributed by atoms with E-state index in [0.717, 1.165) is 35.4 Å². The van der Waals surface area contributed by atoms with Crippen LogP contribution >= 0.6 is 0 Å². The van der Waals surface area contributed by atoms with Crippen molar-refractivity contribution >= 4 is 22.8 Å². The number of aromatic nitrogens is 2. The number of benzene rings is 1. The van der Waals surface area contributed by atoms with Crippen LogP contribution in [0.4, 0.5) is 0 Å². The maximum absolute atomic E-state index is 13.0. The van der Waals surface area contributed by atoms with Crippen molar-refractivity contribution in [3.05, 3.63) is 24.0 Å². The van der Waals surface area contributed by atoms with Crippen LogP contribution in [0.25, 0.3) is 11.0 Å². The molecule has 28 heavy (non-hydrogen) atoms. The van der Waals surface area contributed by atoms with Crippen LogP contribution in [0.15, 0.2) is 18.2 Å². The number of nitrogens with zero attached hydrogens (tertiary/aromatic N) is 3. The Bertz CT molecular complexity index is 874. The summed E-state index contributed by atoms with van der Waals surface area (Å²) in [7, 11) is 1.65. The van der Waals surface area contributed by atoms with E-state index in [1.807, 2.05) is 34.9 Å². The number of hydrogen-bond acceptors (Lipinski definition) is 4. The number of rotatable bonds is 7. The van der Waals surface area contributed by atoms with Gasteiger partial charge in [0, 0.05) is 44.6 Å². The van der Waals surface area contributed by atoms with Crippen LogP contribution in [0.3, 0.4) is 0 Å². The fraction of sp³-hybridized carbons (Fsp3) is 0.571. The predicted molar refractivity (Wildman–Crippen MR) is 106 cm³/mol. The molecule has 0 radical (unpaired) electrons. The first-order chi connectivity index (χ1) is 13.6.